The van der Waals surface area contributed by atoms with Crippen molar-refractivity contribution in [2.24, 2.45) is 0 Å². The minimum atomic E-state index is -0.573. The molecule has 3 aromatic rings. The van der Waals surface area contributed by atoms with Crippen molar-refractivity contribution in [3.05, 3.63) is 63.5 Å². The van der Waals surface area contributed by atoms with Crippen LogP contribution < -0.4 is 20.4 Å². The first kappa shape index (κ1) is 20.3. The third-order valence-electron chi connectivity index (χ3n) is 4.79. The van der Waals surface area contributed by atoms with Crippen molar-refractivity contribution in [1.82, 2.24) is 5.32 Å². The van der Waals surface area contributed by atoms with Crippen LogP contribution in [0, 0.1) is 6.92 Å². The summed E-state index contributed by atoms with van der Waals surface area (Å²) in [7, 11) is 3.15. The van der Waals surface area contributed by atoms with Gasteiger partial charge in [0.15, 0.2) is 11.5 Å². The molecule has 0 aliphatic heterocycles. The highest BCUT2D eigenvalue weighted by molar-refractivity contribution is 5.85. The van der Waals surface area contributed by atoms with Gasteiger partial charge in [0.2, 0.25) is 5.91 Å². The number of amides is 1. The van der Waals surface area contributed by atoms with E-state index < -0.39 is 5.63 Å². The molecule has 3 rings (SSSR count). The second-order valence-corrected chi connectivity index (χ2v) is 6.64. The van der Waals surface area contributed by atoms with Crippen molar-refractivity contribution in [3.63, 3.8) is 0 Å². The molecule has 0 bridgehead atoms. The molecular weight excluding hydrogens is 374 g/mol. The van der Waals surface area contributed by atoms with Crippen LogP contribution in [-0.4, -0.2) is 31.8 Å². The van der Waals surface area contributed by atoms with Crippen molar-refractivity contribution in [3.8, 4) is 17.2 Å². The normalized spacial score (nSPS) is 10.7. The minimum Gasteiger partial charge on any atom is -0.508 e. The first-order valence-electron chi connectivity index (χ1n) is 9.16. The molecule has 152 valence electrons. The van der Waals surface area contributed by atoms with Crippen molar-refractivity contribution >= 4 is 16.9 Å². The lowest BCUT2D eigenvalue weighted by atomic mass is 10.0. The van der Waals surface area contributed by atoms with E-state index in [0.717, 1.165) is 5.56 Å². The van der Waals surface area contributed by atoms with Gasteiger partial charge in [-0.2, -0.15) is 0 Å². The molecule has 1 heterocycles. The van der Waals surface area contributed by atoms with Gasteiger partial charge >= 0.3 is 5.63 Å². The van der Waals surface area contributed by atoms with Crippen LogP contribution in [0.1, 0.15) is 16.7 Å². The van der Waals surface area contributed by atoms with Crippen LogP contribution in [0.15, 0.2) is 45.6 Å². The second-order valence-electron chi connectivity index (χ2n) is 6.64. The number of nitrogens with one attached hydrogen (secondary N) is 1. The van der Waals surface area contributed by atoms with E-state index in [0.29, 0.717) is 46.6 Å². The van der Waals surface area contributed by atoms with Gasteiger partial charge in [-0.05, 0) is 48.7 Å². The highest BCUT2D eigenvalue weighted by atomic mass is 16.5. The number of phenols is 1. The lowest BCUT2D eigenvalue weighted by Crippen LogP contribution is -2.29. The Morgan fingerprint density at radius 3 is 2.59 bits per heavy atom. The maximum absolute atomic E-state index is 12.3. The molecule has 1 aromatic heterocycles. The van der Waals surface area contributed by atoms with Crippen molar-refractivity contribution in [2.45, 2.75) is 19.8 Å². The van der Waals surface area contributed by atoms with E-state index in [2.05, 4.69) is 5.32 Å². The Morgan fingerprint density at radius 2 is 1.86 bits per heavy atom. The monoisotopic (exact) mass is 397 g/mol. The Labute approximate surface area is 167 Å². The van der Waals surface area contributed by atoms with E-state index in [1.807, 2.05) is 18.2 Å². The highest BCUT2D eigenvalue weighted by Crippen LogP contribution is 2.27. The topological polar surface area (TPSA) is 98.0 Å². The number of phenolic OH excluding ortho intramolecular Hbond substituents is 1. The summed E-state index contributed by atoms with van der Waals surface area (Å²) < 4.78 is 15.7. The van der Waals surface area contributed by atoms with Crippen molar-refractivity contribution < 1.29 is 23.8 Å². The van der Waals surface area contributed by atoms with Crippen LogP contribution >= 0.6 is 0 Å². The van der Waals surface area contributed by atoms with E-state index in [-0.39, 0.29) is 18.1 Å². The summed E-state index contributed by atoms with van der Waals surface area (Å²) in [4.78, 5) is 24.6. The van der Waals surface area contributed by atoms with E-state index in [1.54, 1.807) is 27.2 Å². The molecule has 0 unspecified atom stereocenters. The summed E-state index contributed by atoms with van der Waals surface area (Å²) >= 11 is 0. The predicted octanol–water partition coefficient (Wildman–Crippen LogP) is 2.73. The number of fused-ring (bicyclic) bond motifs is 1. The van der Waals surface area contributed by atoms with Crippen LogP contribution in [0.2, 0.25) is 0 Å². The highest BCUT2D eigenvalue weighted by Gasteiger charge is 2.15. The van der Waals surface area contributed by atoms with Crippen molar-refractivity contribution in [2.75, 3.05) is 20.8 Å². The zero-order chi connectivity index (χ0) is 21.0. The van der Waals surface area contributed by atoms with Gasteiger partial charge in [-0.15, -0.1) is 0 Å². The fourth-order valence-corrected chi connectivity index (χ4v) is 3.19. The summed E-state index contributed by atoms with van der Waals surface area (Å²) in [5, 5.41) is 13.1. The molecule has 0 aliphatic rings. The maximum atomic E-state index is 12.3. The SMILES string of the molecule is COc1ccc(CCNC(=O)Cc2c(C)c3ccc(O)cc3oc2=O)cc1OC. The van der Waals surface area contributed by atoms with Gasteiger partial charge < -0.3 is 24.3 Å². The molecule has 2 N–H and O–H groups in total. The quantitative estimate of drug-likeness (QED) is 0.595. The van der Waals surface area contributed by atoms with Crippen LogP contribution in [0.25, 0.3) is 11.0 Å². The average Bonchev–Trinajstić information content (AvgIpc) is 2.70. The van der Waals surface area contributed by atoms with Gasteiger partial charge in [0.05, 0.1) is 26.2 Å². The largest absolute Gasteiger partial charge is 0.508 e. The van der Waals surface area contributed by atoms with Gasteiger partial charge in [-0.25, -0.2) is 4.79 Å². The Kier molecular flexibility index (Phi) is 6.07. The molecular formula is C22H23NO6. The lowest BCUT2D eigenvalue weighted by Gasteiger charge is -2.11. The van der Waals surface area contributed by atoms with Crippen LogP contribution in [0.4, 0.5) is 0 Å². The molecule has 1 amide bonds. The number of carbonyl (C=O) groups excluding carboxylic acids is 1. The number of rotatable bonds is 7. The Hall–Kier alpha value is -3.48. The molecule has 29 heavy (non-hydrogen) atoms. The zero-order valence-electron chi connectivity index (χ0n) is 16.6. The van der Waals surface area contributed by atoms with Gasteiger partial charge in [-0.1, -0.05) is 6.07 Å². The second kappa shape index (κ2) is 8.68. The van der Waals surface area contributed by atoms with Gasteiger partial charge in [0, 0.05) is 18.0 Å². The molecule has 0 atom stereocenters. The molecule has 0 fully saturated rings. The molecule has 0 saturated heterocycles. The summed E-state index contributed by atoms with van der Waals surface area (Å²) in [5.74, 6) is 1.03. The molecule has 0 spiro atoms. The summed E-state index contributed by atoms with van der Waals surface area (Å²) in [6.07, 6.45) is 0.535. The van der Waals surface area contributed by atoms with E-state index in [1.165, 1.54) is 12.1 Å². The fourth-order valence-electron chi connectivity index (χ4n) is 3.19. The van der Waals surface area contributed by atoms with E-state index >= 15 is 0 Å². The Morgan fingerprint density at radius 1 is 1.10 bits per heavy atom. The van der Waals surface area contributed by atoms with Gasteiger partial charge in [-0.3, -0.25) is 4.79 Å². The zero-order valence-corrected chi connectivity index (χ0v) is 16.6. The number of methoxy groups -OCH3 is 2. The first-order chi connectivity index (χ1) is 13.9. The summed E-state index contributed by atoms with van der Waals surface area (Å²) in [6.45, 7) is 2.18. The van der Waals surface area contributed by atoms with E-state index in [4.69, 9.17) is 13.9 Å². The third kappa shape index (κ3) is 4.51. The number of aromatic hydroxyl groups is 1. The molecule has 7 nitrogen and oxygen atoms in total. The molecule has 0 radical (unpaired) electrons. The summed E-state index contributed by atoms with van der Waals surface area (Å²) in [5.41, 5.74) is 1.70. The van der Waals surface area contributed by atoms with E-state index in [9.17, 15) is 14.7 Å². The smallest absolute Gasteiger partial charge is 0.340 e. The minimum absolute atomic E-state index is 0.0145. The average molecular weight is 397 g/mol. The Balaban J connectivity index is 1.66. The fraction of sp³-hybridized carbons (Fsp3) is 0.273. The number of aryl methyl sites for hydroxylation is 1. The van der Waals surface area contributed by atoms with Crippen LogP contribution in [0.5, 0.6) is 17.2 Å². The van der Waals surface area contributed by atoms with Crippen LogP contribution in [0.3, 0.4) is 0 Å². The number of carbonyl (C=O) groups is 1. The van der Waals surface area contributed by atoms with Crippen LogP contribution in [-0.2, 0) is 17.6 Å². The van der Waals surface area contributed by atoms with Gasteiger partial charge in [0.1, 0.15) is 11.3 Å². The number of benzene rings is 2. The molecule has 7 heteroatoms. The maximum Gasteiger partial charge on any atom is 0.340 e. The molecule has 2 aromatic carbocycles. The molecule has 0 aliphatic carbocycles. The number of hydrogen-bond donors (Lipinski definition) is 2. The molecule has 0 saturated carbocycles. The Bertz CT molecular complexity index is 1100. The third-order valence-corrected chi connectivity index (χ3v) is 4.79. The predicted molar refractivity (Wildman–Crippen MR) is 109 cm³/mol. The summed E-state index contributed by atoms with van der Waals surface area (Å²) in [6, 6.07) is 10.2. The van der Waals surface area contributed by atoms with Gasteiger partial charge in [0.25, 0.3) is 0 Å². The van der Waals surface area contributed by atoms with Crippen molar-refractivity contribution in [1.29, 1.82) is 0 Å². The lowest BCUT2D eigenvalue weighted by molar-refractivity contribution is -0.120. The number of ether oxygens (including phenoxy) is 2. The number of hydrogen-bond acceptors (Lipinski definition) is 6. The standard InChI is InChI=1S/C22H23NO6/c1-13-16-6-5-15(24)11-19(16)29-22(26)17(13)12-21(25)23-9-8-14-4-7-18(27-2)20(10-14)28-3/h4-7,10-11,24H,8-9,12H2,1-3H3,(H,23,25). The first-order valence-corrected chi connectivity index (χ1v) is 9.16.